The Morgan fingerprint density at radius 2 is 1.96 bits per heavy atom. The summed E-state index contributed by atoms with van der Waals surface area (Å²) in [6.07, 6.45) is 4.24. The quantitative estimate of drug-likeness (QED) is 0.577. The minimum absolute atomic E-state index is 0.0352. The molecule has 28 heavy (non-hydrogen) atoms. The van der Waals surface area contributed by atoms with Gasteiger partial charge in [-0.25, -0.2) is 0 Å². The number of pyridine rings is 1. The van der Waals surface area contributed by atoms with Crippen LogP contribution < -0.4 is 10.1 Å². The van der Waals surface area contributed by atoms with Gasteiger partial charge < -0.3 is 15.0 Å². The molecule has 5 nitrogen and oxygen atoms in total. The van der Waals surface area contributed by atoms with Crippen LogP contribution in [0.15, 0.2) is 42.4 Å². The fourth-order valence-corrected chi connectivity index (χ4v) is 3.28. The van der Waals surface area contributed by atoms with Crippen molar-refractivity contribution < 1.29 is 4.74 Å². The molecule has 0 saturated carbocycles. The van der Waals surface area contributed by atoms with E-state index >= 15 is 0 Å². The maximum Gasteiger partial charge on any atom is 0.128 e. The smallest absolute Gasteiger partial charge is 0.128 e. The molecule has 1 aromatic heterocycles. The molecule has 0 amide bonds. The van der Waals surface area contributed by atoms with Crippen molar-refractivity contribution in [3.8, 4) is 5.75 Å². The van der Waals surface area contributed by atoms with E-state index in [4.69, 9.17) is 33.3 Å². The number of aryl methyl sites for hydroxylation is 1. The van der Waals surface area contributed by atoms with Gasteiger partial charge in [-0.3, -0.25) is 10.4 Å². The first-order valence-electron chi connectivity index (χ1n) is 8.97. The van der Waals surface area contributed by atoms with Crippen LogP contribution in [0.3, 0.4) is 0 Å². The van der Waals surface area contributed by atoms with Gasteiger partial charge in [0, 0.05) is 42.0 Å². The zero-order valence-corrected chi connectivity index (χ0v) is 18.2. The van der Waals surface area contributed by atoms with Crippen molar-refractivity contribution >= 4 is 28.4 Å². The van der Waals surface area contributed by atoms with Gasteiger partial charge in [0.15, 0.2) is 0 Å². The first-order valence-corrected chi connectivity index (χ1v) is 9.73. The molecule has 150 valence electrons. The normalized spacial score (nSPS) is 11.3. The van der Waals surface area contributed by atoms with E-state index in [1.165, 1.54) is 5.56 Å². The number of rotatable bonds is 9. The number of allylic oxidation sites excluding steroid dienone is 1. The number of hydrogen-bond donors (Lipinski definition) is 2. The van der Waals surface area contributed by atoms with Crippen LogP contribution in [0.5, 0.6) is 5.75 Å². The molecule has 0 fully saturated rings. The average Bonchev–Trinajstić information content (AvgIpc) is 2.66. The Balaban J connectivity index is 2.30. The summed E-state index contributed by atoms with van der Waals surface area (Å²) in [4.78, 5) is 6.73. The van der Waals surface area contributed by atoms with Crippen LogP contribution in [-0.2, 0) is 13.0 Å². The Morgan fingerprint density at radius 3 is 2.54 bits per heavy atom. The highest BCUT2D eigenvalue weighted by Gasteiger charge is 2.16. The van der Waals surface area contributed by atoms with Gasteiger partial charge in [0.1, 0.15) is 16.7 Å². The molecule has 0 radical (unpaired) electrons. The highest BCUT2D eigenvalue weighted by molar-refractivity contribution is 6.67. The van der Waals surface area contributed by atoms with Crippen molar-refractivity contribution in [1.82, 2.24) is 15.2 Å². The Bertz CT molecular complexity index is 850. The number of benzene rings is 1. The lowest BCUT2D eigenvalue weighted by Gasteiger charge is -2.28. The molecule has 2 N–H and O–H groups in total. The van der Waals surface area contributed by atoms with Gasteiger partial charge in [0.25, 0.3) is 0 Å². The van der Waals surface area contributed by atoms with E-state index in [-0.39, 0.29) is 5.17 Å². The van der Waals surface area contributed by atoms with Gasteiger partial charge in [-0.15, -0.1) is 0 Å². The molecule has 2 rings (SSSR count). The molecule has 0 atom stereocenters. The van der Waals surface area contributed by atoms with E-state index in [0.717, 1.165) is 46.4 Å². The van der Waals surface area contributed by atoms with Crippen molar-refractivity contribution in [1.29, 1.82) is 5.41 Å². The monoisotopic (exact) mass is 420 g/mol. The van der Waals surface area contributed by atoms with Crippen LogP contribution in [0.4, 0.5) is 0 Å². The summed E-state index contributed by atoms with van der Waals surface area (Å²) < 4.78 is 5.53. The summed E-state index contributed by atoms with van der Waals surface area (Å²) in [7, 11) is 3.49. The van der Waals surface area contributed by atoms with Crippen molar-refractivity contribution in [2.75, 3.05) is 20.7 Å². The van der Waals surface area contributed by atoms with Crippen molar-refractivity contribution in [3.05, 3.63) is 69.8 Å². The first kappa shape index (κ1) is 22.1. The molecule has 7 heteroatoms. The Labute approximate surface area is 176 Å². The lowest BCUT2D eigenvalue weighted by molar-refractivity contribution is 0.316. The fourth-order valence-electron chi connectivity index (χ4n) is 3.05. The van der Waals surface area contributed by atoms with Gasteiger partial charge in [-0.2, -0.15) is 0 Å². The highest BCUT2D eigenvalue weighted by atomic mass is 35.5. The number of aromatic nitrogens is 1. The van der Waals surface area contributed by atoms with Crippen LogP contribution in [-0.4, -0.2) is 35.8 Å². The van der Waals surface area contributed by atoms with Crippen LogP contribution in [0, 0.1) is 19.3 Å². The molecule has 0 unspecified atom stereocenters. The molecule has 1 aromatic carbocycles. The number of ether oxygens (including phenoxy) is 1. The van der Waals surface area contributed by atoms with Crippen LogP contribution in [0.25, 0.3) is 0 Å². The molecular weight excluding hydrogens is 395 g/mol. The second-order valence-electron chi connectivity index (χ2n) is 6.47. The van der Waals surface area contributed by atoms with E-state index in [1.54, 1.807) is 13.2 Å². The summed E-state index contributed by atoms with van der Waals surface area (Å²) in [5.74, 6) is 1.61. The number of nitrogens with one attached hydrogen (secondary N) is 2. The molecule has 0 bridgehead atoms. The van der Waals surface area contributed by atoms with Gasteiger partial charge in [0.05, 0.1) is 19.3 Å². The second-order valence-corrected chi connectivity index (χ2v) is 7.32. The van der Waals surface area contributed by atoms with E-state index < -0.39 is 0 Å². The molecule has 0 aliphatic heterocycles. The van der Waals surface area contributed by atoms with Crippen LogP contribution in [0.1, 0.15) is 22.4 Å². The summed E-state index contributed by atoms with van der Waals surface area (Å²) >= 11 is 11.8. The molecule has 0 aliphatic rings. The fraction of sp³-hybridized carbons (Fsp3) is 0.333. The lowest BCUT2D eigenvalue weighted by atomic mass is 10.1. The summed E-state index contributed by atoms with van der Waals surface area (Å²) in [5, 5.41) is 11.5. The minimum atomic E-state index is -0.0352. The number of hydrogen-bond acceptors (Lipinski definition) is 5. The standard InChI is InChI=1S/C21H26Cl2N4O/c1-14-12-26-18(15(2)21(14)28-4)13-27(20(25-3)11-19(23)24)10-9-16-5-7-17(22)8-6-16/h5-8,11-12,24-25H,9-10,13H2,1-4H3/b20-11+,24-19?. The summed E-state index contributed by atoms with van der Waals surface area (Å²) in [5.41, 5.74) is 4.11. The molecule has 0 aliphatic carbocycles. The Hall–Kier alpha value is -2.24. The SMILES string of the molecule is CN/C(=C\C(=N)Cl)N(CCc1ccc(Cl)cc1)Cc1ncc(C)c(OC)c1C. The average molecular weight is 421 g/mol. The second kappa shape index (κ2) is 10.3. The van der Waals surface area contributed by atoms with Crippen molar-refractivity contribution in [2.24, 2.45) is 0 Å². The van der Waals surface area contributed by atoms with Crippen molar-refractivity contribution in [3.63, 3.8) is 0 Å². The predicted molar refractivity (Wildman–Crippen MR) is 117 cm³/mol. The Morgan fingerprint density at radius 1 is 1.29 bits per heavy atom. The summed E-state index contributed by atoms with van der Waals surface area (Å²) in [6.45, 7) is 5.27. The molecule has 2 aromatic rings. The third-order valence-electron chi connectivity index (χ3n) is 4.53. The molecule has 0 saturated heterocycles. The zero-order chi connectivity index (χ0) is 20.7. The van der Waals surface area contributed by atoms with E-state index in [1.807, 2.05) is 51.4 Å². The predicted octanol–water partition coefficient (Wildman–Crippen LogP) is 4.68. The first-order chi connectivity index (χ1) is 13.3. The zero-order valence-electron chi connectivity index (χ0n) is 16.6. The van der Waals surface area contributed by atoms with Gasteiger partial charge in [-0.1, -0.05) is 35.3 Å². The minimum Gasteiger partial charge on any atom is -0.496 e. The van der Waals surface area contributed by atoms with Gasteiger partial charge in [0.2, 0.25) is 0 Å². The van der Waals surface area contributed by atoms with E-state index in [0.29, 0.717) is 6.54 Å². The Kier molecular flexibility index (Phi) is 8.15. The maximum absolute atomic E-state index is 7.63. The topological polar surface area (TPSA) is 61.2 Å². The largest absolute Gasteiger partial charge is 0.496 e. The highest BCUT2D eigenvalue weighted by Crippen LogP contribution is 2.25. The van der Waals surface area contributed by atoms with Crippen molar-refractivity contribution in [2.45, 2.75) is 26.8 Å². The summed E-state index contributed by atoms with van der Waals surface area (Å²) in [6, 6.07) is 7.82. The van der Waals surface area contributed by atoms with Gasteiger partial charge in [-0.05, 0) is 38.0 Å². The molecule has 1 heterocycles. The number of halogens is 2. The number of methoxy groups -OCH3 is 1. The third-order valence-corrected chi connectivity index (χ3v) is 4.90. The molecular formula is C21H26Cl2N4O. The van der Waals surface area contributed by atoms with E-state index in [2.05, 4.69) is 15.2 Å². The maximum atomic E-state index is 7.63. The van der Waals surface area contributed by atoms with Crippen LogP contribution in [0.2, 0.25) is 5.02 Å². The van der Waals surface area contributed by atoms with Crippen LogP contribution >= 0.6 is 23.2 Å². The van der Waals surface area contributed by atoms with Gasteiger partial charge >= 0.3 is 0 Å². The third kappa shape index (κ3) is 5.88. The van der Waals surface area contributed by atoms with E-state index in [9.17, 15) is 0 Å². The number of nitrogens with zero attached hydrogens (tertiary/aromatic N) is 2. The lowest BCUT2D eigenvalue weighted by Crippen LogP contribution is -2.32. The molecule has 0 spiro atoms.